The number of nitrogens with zero attached hydrogens (tertiary/aromatic N) is 1. The second kappa shape index (κ2) is 7.33. The summed E-state index contributed by atoms with van der Waals surface area (Å²) < 4.78 is 11.4. The van der Waals surface area contributed by atoms with Gasteiger partial charge in [-0.05, 0) is 24.6 Å². The van der Waals surface area contributed by atoms with Gasteiger partial charge in [0.2, 0.25) is 0 Å². The van der Waals surface area contributed by atoms with E-state index in [9.17, 15) is 9.00 Å². The van der Waals surface area contributed by atoms with E-state index < -0.39 is 10.8 Å². The number of nitrogens with one attached hydrogen (secondary N) is 2. The zero-order valence-corrected chi connectivity index (χ0v) is 13.5. The van der Waals surface area contributed by atoms with Crippen LogP contribution in [0.15, 0.2) is 34.5 Å². The fourth-order valence-electron chi connectivity index (χ4n) is 1.69. The van der Waals surface area contributed by atoms with Crippen molar-refractivity contribution in [2.24, 2.45) is 0 Å². The number of thiazole rings is 1. The van der Waals surface area contributed by atoms with Crippen LogP contribution >= 0.6 is 11.3 Å². The van der Waals surface area contributed by atoms with E-state index in [0.717, 1.165) is 17.1 Å². The topological polar surface area (TPSA) is 71.1 Å². The van der Waals surface area contributed by atoms with Gasteiger partial charge in [0.25, 0.3) is 0 Å². The number of aryl methyl sites for hydroxylation is 1. The van der Waals surface area contributed by atoms with E-state index >= 15 is 0 Å². The van der Waals surface area contributed by atoms with Crippen LogP contribution in [0.4, 0.5) is 10.5 Å². The molecule has 112 valence electrons. The number of urea groups is 1. The lowest BCUT2D eigenvalue weighted by Gasteiger charge is -2.07. The van der Waals surface area contributed by atoms with E-state index in [1.807, 2.05) is 12.3 Å². The Morgan fingerprint density at radius 3 is 2.90 bits per heavy atom. The predicted octanol–water partition coefficient (Wildman–Crippen LogP) is 2.76. The van der Waals surface area contributed by atoms with Crippen molar-refractivity contribution < 1.29 is 9.00 Å². The summed E-state index contributed by atoms with van der Waals surface area (Å²) in [5.41, 5.74) is 1.48. The number of anilines is 1. The second-order valence-electron chi connectivity index (χ2n) is 4.38. The van der Waals surface area contributed by atoms with Gasteiger partial charge < -0.3 is 10.6 Å². The minimum atomic E-state index is -1.07. The number of carbonyl (C=O) groups excluding carboxylic acids is 1. The Bertz CT molecular complexity index is 655. The highest BCUT2D eigenvalue weighted by molar-refractivity contribution is 7.84. The third kappa shape index (κ3) is 4.64. The average Bonchev–Trinajstić information content (AvgIpc) is 2.93. The fraction of sp³-hybridized carbons (Fsp3) is 0.286. The number of hydrogen-bond donors (Lipinski definition) is 2. The second-order valence-corrected chi connectivity index (χ2v) is 6.70. The lowest BCUT2D eigenvalue weighted by Crippen LogP contribution is -2.28. The summed E-state index contributed by atoms with van der Waals surface area (Å²) in [4.78, 5) is 16.9. The molecule has 0 spiro atoms. The maximum atomic E-state index is 11.8. The molecule has 21 heavy (non-hydrogen) atoms. The van der Waals surface area contributed by atoms with E-state index in [2.05, 4.69) is 15.6 Å². The lowest BCUT2D eigenvalue weighted by molar-refractivity contribution is 0.251. The van der Waals surface area contributed by atoms with E-state index in [0.29, 0.717) is 17.1 Å². The zero-order valence-electron chi connectivity index (χ0n) is 11.9. The van der Waals surface area contributed by atoms with E-state index in [4.69, 9.17) is 0 Å². The first-order valence-corrected chi connectivity index (χ1v) is 8.94. The number of rotatable bonds is 5. The molecule has 1 aromatic carbocycles. The van der Waals surface area contributed by atoms with Crippen molar-refractivity contribution >= 4 is 33.9 Å². The lowest BCUT2D eigenvalue weighted by atomic mass is 10.3. The van der Waals surface area contributed by atoms with Gasteiger partial charge in [-0.15, -0.1) is 11.3 Å². The molecule has 0 radical (unpaired) electrons. The summed E-state index contributed by atoms with van der Waals surface area (Å²) in [7, 11) is -1.07. The van der Waals surface area contributed by atoms with Crippen LogP contribution in [0, 0.1) is 0 Å². The van der Waals surface area contributed by atoms with Gasteiger partial charge >= 0.3 is 6.03 Å². The Kier molecular flexibility index (Phi) is 5.46. The molecule has 0 aliphatic carbocycles. The average molecular weight is 323 g/mol. The molecule has 0 aliphatic heterocycles. The molecule has 0 unspecified atom stereocenters. The SMILES string of the molecule is CCc1nc(CNC(=O)Nc2cccc([S@@](C)=O)c2)cs1. The summed E-state index contributed by atoms with van der Waals surface area (Å²) in [6, 6.07) is 6.68. The largest absolute Gasteiger partial charge is 0.332 e. The molecular formula is C14H17N3O2S2. The van der Waals surface area contributed by atoms with Crippen LogP contribution < -0.4 is 10.6 Å². The monoisotopic (exact) mass is 323 g/mol. The van der Waals surface area contributed by atoms with Crippen LogP contribution in [0.1, 0.15) is 17.6 Å². The first kappa shape index (κ1) is 15.7. The van der Waals surface area contributed by atoms with Gasteiger partial charge in [0.05, 0.1) is 17.2 Å². The first-order chi connectivity index (χ1) is 10.1. The predicted molar refractivity (Wildman–Crippen MR) is 86.1 cm³/mol. The van der Waals surface area contributed by atoms with Crippen LogP contribution in [-0.2, 0) is 23.8 Å². The summed E-state index contributed by atoms with van der Waals surface area (Å²) in [6.07, 6.45) is 2.50. The first-order valence-electron chi connectivity index (χ1n) is 6.50. The Labute approximate surface area is 130 Å². The van der Waals surface area contributed by atoms with Crippen molar-refractivity contribution in [3.63, 3.8) is 0 Å². The molecule has 2 amide bonds. The number of aromatic nitrogens is 1. The van der Waals surface area contributed by atoms with Crippen molar-refractivity contribution in [3.05, 3.63) is 40.3 Å². The highest BCUT2D eigenvalue weighted by Crippen LogP contribution is 2.13. The number of carbonyl (C=O) groups is 1. The molecule has 0 bridgehead atoms. The molecular weight excluding hydrogens is 306 g/mol. The molecule has 1 aromatic heterocycles. The Hall–Kier alpha value is -1.73. The van der Waals surface area contributed by atoms with E-state index in [1.54, 1.807) is 41.9 Å². The summed E-state index contributed by atoms with van der Waals surface area (Å²) in [5, 5.41) is 8.48. The molecule has 1 atom stereocenters. The molecule has 2 rings (SSSR count). The normalized spacial score (nSPS) is 11.9. The minimum absolute atomic E-state index is 0.305. The third-order valence-electron chi connectivity index (χ3n) is 2.76. The van der Waals surface area contributed by atoms with Gasteiger partial charge in [-0.1, -0.05) is 13.0 Å². The summed E-state index contributed by atoms with van der Waals surface area (Å²) >= 11 is 1.59. The number of hydrogen-bond acceptors (Lipinski definition) is 4. The molecule has 2 aromatic rings. The van der Waals surface area contributed by atoms with Gasteiger partial charge in [0, 0.05) is 33.0 Å². The number of benzene rings is 1. The van der Waals surface area contributed by atoms with Gasteiger partial charge in [-0.2, -0.15) is 0 Å². The third-order valence-corrected chi connectivity index (χ3v) is 4.72. The Morgan fingerprint density at radius 2 is 2.24 bits per heavy atom. The van der Waals surface area contributed by atoms with E-state index in [1.165, 1.54) is 0 Å². The quantitative estimate of drug-likeness (QED) is 0.889. The molecule has 0 saturated carbocycles. The van der Waals surface area contributed by atoms with Gasteiger partial charge in [0.15, 0.2) is 0 Å². The molecule has 7 heteroatoms. The van der Waals surface area contributed by atoms with Gasteiger partial charge in [0.1, 0.15) is 0 Å². The molecule has 1 heterocycles. The van der Waals surface area contributed by atoms with Crippen molar-refractivity contribution in [1.82, 2.24) is 10.3 Å². The minimum Gasteiger partial charge on any atom is -0.332 e. The Balaban J connectivity index is 1.89. The van der Waals surface area contributed by atoms with Crippen LogP contribution in [0.5, 0.6) is 0 Å². The molecule has 0 aliphatic rings. The van der Waals surface area contributed by atoms with Crippen LogP contribution in [0.2, 0.25) is 0 Å². The van der Waals surface area contributed by atoms with Crippen molar-refractivity contribution in [2.75, 3.05) is 11.6 Å². The molecule has 5 nitrogen and oxygen atoms in total. The summed E-state index contributed by atoms with van der Waals surface area (Å²) in [5.74, 6) is 0. The highest BCUT2D eigenvalue weighted by atomic mass is 32.2. The maximum absolute atomic E-state index is 11.8. The van der Waals surface area contributed by atoms with Crippen molar-refractivity contribution in [2.45, 2.75) is 24.8 Å². The zero-order chi connectivity index (χ0) is 15.2. The van der Waals surface area contributed by atoms with Crippen molar-refractivity contribution in [1.29, 1.82) is 0 Å². The van der Waals surface area contributed by atoms with Crippen LogP contribution in [0.3, 0.4) is 0 Å². The molecule has 0 fully saturated rings. The summed E-state index contributed by atoms with van der Waals surface area (Å²) in [6.45, 7) is 2.44. The van der Waals surface area contributed by atoms with E-state index in [-0.39, 0.29) is 6.03 Å². The standard InChI is InChI=1S/C14H17N3O2S2/c1-3-13-16-11(9-20-13)8-15-14(18)17-10-5-4-6-12(7-10)21(2)19/h4-7,9H,3,8H2,1-2H3,(H2,15,17,18)/t21-/m1/s1. The van der Waals surface area contributed by atoms with Gasteiger partial charge in [-0.25, -0.2) is 9.78 Å². The van der Waals surface area contributed by atoms with Crippen LogP contribution in [0.25, 0.3) is 0 Å². The number of amides is 2. The molecule has 0 saturated heterocycles. The highest BCUT2D eigenvalue weighted by Gasteiger charge is 2.05. The van der Waals surface area contributed by atoms with Gasteiger partial charge in [-0.3, -0.25) is 4.21 Å². The Morgan fingerprint density at radius 1 is 1.43 bits per heavy atom. The maximum Gasteiger partial charge on any atom is 0.319 e. The smallest absolute Gasteiger partial charge is 0.319 e. The molecule has 2 N–H and O–H groups in total. The van der Waals surface area contributed by atoms with Crippen molar-refractivity contribution in [3.8, 4) is 0 Å². The van der Waals surface area contributed by atoms with Crippen LogP contribution in [-0.4, -0.2) is 21.5 Å². The fourth-order valence-corrected chi connectivity index (χ4v) is 3.00.